The number of H-pyrrole nitrogens is 1. The molecule has 0 aliphatic heterocycles. The van der Waals surface area contributed by atoms with Crippen molar-refractivity contribution in [3.63, 3.8) is 0 Å². The molecule has 0 amide bonds. The summed E-state index contributed by atoms with van der Waals surface area (Å²) in [7, 11) is 0. The van der Waals surface area contributed by atoms with Gasteiger partial charge in [0.25, 0.3) is 0 Å². The highest BCUT2D eigenvalue weighted by atomic mass is 35.5. The average Bonchev–Trinajstić information content (AvgIpc) is 2.61. The molecule has 0 saturated carbocycles. The molecule has 2 heterocycles. The molecule has 78 valence electrons. The fourth-order valence-corrected chi connectivity index (χ4v) is 1.66. The predicted molar refractivity (Wildman–Crippen MR) is 54.9 cm³/mol. The summed E-state index contributed by atoms with van der Waals surface area (Å²) in [5.74, 6) is -1.54. The highest BCUT2D eigenvalue weighted by molar-refractivity contribution is 6.34. The molecule has 1 unspecified atom stereocenters. The van der Waals surface area contributed by atoms with E-state index in [1.165, 1.54) is 6.33 Å². The van der Waals surface area contributed by atoms with Crippen LogP contribution in [0.2, 0.25) is 5.15 Å². The molecule has 0 aliphatic rings. The summed E-state index contributed by atoms with van der Waals surface area (Å²) in [6.45, 7) is 1.59. The minimum absolute atomic E-state index is 0.268. The summed E-state index contributed by atoms with van der Waals surface area (Å²) < 4.78 is 0. The molecule has 0 aliphatic carbocycles. The van der Waals surface area contributed by atoms with Gasteiger partial charge in [-0.3, -0.25) is 4.79 Å². The number of rotatable bonds is 2. The van der Waals surface area contributed by atoms with Gasteiger partial charge in [-0.1, -0.05) is 11.6 Å². The molecular formula is C9H8ClN3O2. The van der Waals surface area contributed by atoms with E-state index in [-0.39, 0.29) is 5.15 Å². The molecule has 2 rings (SSSR count). The fourth-order valence-electron chi connectivity index (χ4n) is 1.42. The lowest BCUT2D eigenvalue weighted by molar-refractivity contribution is -0.138. The van der Waals surface area contributed by atoms with Crippen LogP contribution in [0.15, 0.2) is 12.5 Å². The molecule has 2 aromatic heterocycles. The van der Waals surface area contributed by atoms with Crippen molar-refractivity contribution in [3.8, 4) is 0 Å². The lowest BCUT2D eigenvalue weighted by Crippen LogP contribution is -2.06. The largest absolute Gasteiger partial charge is 0.481 e. The zero-order chi connectivity index (χ0) is 11.0. The van der Waals surface area contributed by atoms with Gasteiger partial charge in [0.2, 0.25) is 0 Å². The monoisotopic (exact) mass is 225 g/mol. The first-order chi connectivity index (χ1) is 7.11. The number of nitrogens with zero attached hydrogens (tertiary/aromatic N) is 2. The maximum atomic E-state index is 10.9. The molecule has 15 heavy (non-hydrogen) atoms. The summed E-state index contributed by atoms with van der Waals surface area (Å²) in [5, 5.41) is 9.75. The van der Waals surface area contributed by atoms with Gasteiger partial charge in [-0.2, -0.15) is 0 Å². The van der Waals surface area contributed by atoms with Crippen LogP contribution in [-0.4, -0.2) is 26.0 Å². The van der Waals surface area contributed by atoms with Crippen molar-refractivity contribution >= 4 is 28.6 Å². The first-order valence-electron chi connectivity index (χ1n) is 4.31. The van der Waals surface area contributed by atoms with Crippen molar-refractivity contribution in [2.45, 2.75) is 12.8 Å². The Hall–Kier alpha value is -1.62. The second-order valence-electron chi connectivity index (χ2n) is 3.19. The van der Waals surface area contributed by atoms with Crippen LogP contribution in [0.5, 0.6) is 0 Å². The SMILES string of the molecule is CC(C(=O)O)c1c[nH]c2ncnc(Cl)c12. The molecule has 2 N–H and O–H groups in total. The molecule has 0 spiro atoms. The highest BCUT2D eigenvalue weighted by Crippen LogP contribution is 2.28. The first-order valence-corrected chi connectivity index (χ1v) is 4.69. The van der Waals surface area contributed by atoms with Crippen molar-refractivity contribution in [2.75, 3.05) is 0 Å². The van der Waals surface area contributed by atoms with Crippen LogP contribution >= 0.6 is 11.6 Å². The number of fused-ring (bicyclic) bond motifs is 1. The van der Waals surface area contributed by atoms with Crippen LogP contribution in [0, 0.1) is 0 Å². The van der Waals surface area contributed by atoms with Crippen LogP contribution in [-0.2, 0) is 4.79 Å². The van der Waals surface area contributed by atoms with E-state index in [1.54, 1.807) is 13.1 Å². The summed E-state index contributed by atoms with van der Waals surface area (Å²) in [4.78, 5) is 21.5. The van der Waals surface area contributed by atoms with E-state index < -0.39 is 11.9 Å². The highest BCUT2D eigenvalue weighted by Gasteiger charge is 2.20. The van der Waals surface area contributed by atoms with Crippen LogP contribution in [0.25, 0.3) is 11.0 Å². The smallest absolute Gasteiger partial charge is 0.310 e. The third-order valence-electron chi connectivity index (χ3n) is 2.29. The van der Waals surface area contributed by atoms with Crippen molar-refractivity contribution in [3.05, 3.63) is 23.2 Å². The number of aliphatic carboxylic acids is 1. The Morgan fingerprint density at radius 1 is 1.60 bits per heavy atom. The van der Waals surface area contributed by atoms with Gasteiger partial charge in [0, 0.05) is 6.20 Å². The van der Waals surface area contributed by atoms with Gasteiger partial charge in [-0.05, 0) is 12.5 Å². The van der Waals surface area contributed by atoms with Crippen molar-refractivity contribution < 1.29 is 9.90 Å². The average molecular weight is 226 g/mol. The van der Waals surface area contributed by atoms with Crippen molar-refractivity contribution in [1.82, 2.24) is 15.0 Å². The zero-order valence-electron chi connectivity index (χ0n) is 7.86. The molecule has 5 nitrogen and oxygen atoms in total. The Kier molecular flexibility index (Phi) is 2.32. The molecule has 2 aromatic rings. The number of nitrogens with one attached hydrogen (secondary N) is 1. The van der Waals surface area contributed by atoms with E-state index in [0.717, 1.165) is 0 Å². The molecule has 1 atom stereocenters. The van der Waals surface area contributed by atoms with Crippen LogP contribution < -0.4 is 0 Å². The minimum Gasteiger partial charge on any atom is -0.481 e. The Morgan fingerprint density at radius 3 is 3.00 bits per heavy atom. The van der Waals surface area contributed by atoms with Gasteiger partial charge in [-0.15, -0.1) is 0 Å². The van der Waals surface area contributed by atoms with E-state index >= 15 is 0 Å². The fraction of sp³-hybridized carbons (Fsp3) is 0.222. The van der Waals surface area contributed by atoms with Gasteiger partial charge < -0.3 is 10.1 Å². The van der Waals surface area contributed by atoms with Crippen molar-refractivity contribution in [1.29, 1.82) is 0 Å². The van der Waals surface area contributed by atoms with Crippen molar-refractivity contribution in [2.24, 2.45) is 0 Å². The third-order valence-corrected chi connectivity index (χ3v) is 2.58. The van der Waals surface area contributed by atoms with Gasteiger partial charge >= 0.3 is 5.97 Å². The Balaban J connectivity index is 2.67. The van der Waals surface area contributed by atoms with E-state index in [1.807, 2.05) is 0 Å². The first kappa shape index (κ1) is 9.92. The number of carboxylic acid groups (broad SMARTS) is 1. The summed E-state index contributed by atoms with van der Waals surface area (Å²) in [6.07, 6.45) is 2.93. The number of aromatic nitrogens is 3. The van der Waals surface area contributed by atoms with Gasteiger partial charge in [0.1, 0.15) is 17.1 Å². The molecule has 0 aromatic carbocycles. The van der Waals surface area contributed by atoms with E-state index in [9.17, 15) is 4.79 Å². The lowest BCUT2D eigenvalue weighted by atomic mass is 10.0. The zero-order valence-corrected chi connectivity index (χ0v) is 8.62. The summed E-state index contributed by atoms with van der Waals surface area (Å²) in [5.41, 5.74) is 1.15. The maximum Gasteiger partial charge on any atom is 0.310 e. The second-order valence-corrected chi connectivity index (χ2v) is 3.55. The molecule has 0 bridgehead atoms. The Labute approximate surface area is 90.1 Å². The summed E-state index contributed by atoms with van der Waals surface area (Å²) in [6, 6.07) is 0. The lowest BCUT2D eigenvalue weighted by Gasteiger charge is -2.04. The Morgan fingerprint density at radius 2 is 2.33 bits per heavy atom. The van der Waals surface area contributed by atoms with E-state index in [2.05, 4.69) is 15.0 Å². The van der Waals surface area contributed by atoms with Crippen LogP contribution in [0.4, 0.5) is 0 Å². The summed E-state index contributed by atoms with van der Waals surface area (Å²) >= 11 is 5.89. The number of carbonyl (C=O) groups is 1. The molecule has 0 saturated heterocycles. The molecule has 0 radical (unpaired) electrons. The number of carboxylic acids is 1. The second kappa shape index (κ2) is 3.51. The topological polar surface area (TPSA) is 78.9 Å². The number of hydrogen-bond acceptors (Lipinski definition) is 3. The van der Waals surface area contributed by atoms with E-state index in [0.29, 0.717) is 16.6 Å². The standard InChI is InChI=1S/C9H8ClN3O2/c1-4(9(14)15)5-2-11-8-6(5)7(10)12-3-13-8/h2-4H,1H3,(H,14,15)(H,11,12,13). The molecule has 6 heteroatoms. The number of halogens is 1. The van der Waals surface area contributed by atoms with Crippen LogP contribution in [0.1, 0.15) is 18.4 Å². The van der Waals surface area contributed by atoms with Gasteiger partial charge in [0.15, 0.2) is 0 Å². The number of hydrogen-bond donors (Lipinski definition) is 2. The minimum atomic E-state index is -0.907. The van der Waals surface area contributed by atoms with Gasteiger partial charge in [-0.25, -0.2) is 9.97 Å². The molecule has 0 fully saturated rings. The van der Waals surface area contributed by atoms with Crippen LogP contribution in [0.3, 0.4) is 0 Å². The molecular weight excluding hydrogens is 218 g/mol. The number of aromatic amines is 1. The predicted octanol–water partition coefficient (Wildman–Crippen LogP) is 1.80. The maximum absolute atomic E-state index is 10.9. The third kappa shape index (κ3) is 1.55. The normalized spacial score (nSPS) is 12.9. The van der Waals surface area contributed by atoms with Gasteiger partial charge in [0.05, 0.1) is 11.3 Å². The Bertz CT molecular complexity index is 523. The van der Waals surface area contributed by atoms with E-state index in [4.69, 9.17) is 16.7 Å². The quantitative estimate of drug-likeness (QED) is 0.764.